The largest absolute Gasteiger partial charge is 0.453 e. The van der Waals surface area contributed by atoms with E-state index >= 15 is 0 Å². The molecule has 1 rings (SSSR count). The van der Waals surface area contributed by atoms with Gasteiger partial charge < -0.3 is 15.4 Å². The number of amides is 1. The van der Waals surface area contributed by atoms with Gasteiger partial charge in [0.2, 0.25) is 0 Å². The molecule has 0 radical (unpaired) electrons. The maximum Gasteiger partial charge on any atom is 0.409 e. The summed E-state index contributed by atoms with van der Waals surface area (Å²) in [4.78, 5) is 15.2. The molecule has 5 nitrogen and oxygen atoms in total. The van der Waals surface area contributed by atoms with Gasteiger partial charge in [0.1, 0.15) is 0 Å². The third-order valence-corrected chi connectivity index (χ3v) is 2.71. The molecule has 0 bridgehead atoms. The van der Waals surface area contributed by atoms with Gasteiger partial charge in [0, 0.05) is 38.8 Å². The van der Waals surface area contributed by atoms with Crippen LogP contribution in [0.2, 0.25) is 0 Å². The summed E-state index contributed by atoms with van der Waals surface area (Å²) >= 11 is 0. The van der Waals surface area contributed by atoms with Crippen LogP contribution in [0.15, 0.2) is 0 Å². The molecular weight excluding hydrogens is 182 g/mol. The van der Waals surface area contributed by atoms with E-state index in [4.69, 9.17) is 5.73 Å². The van der Waals surface area contributed by atoms with Crippen molar-refractivity contribution < 1.29 is 9.53 Å². The first-order chi connectivity index (χ1) is 6.69. The number of ether oxygens (including phenoxy) is 1. The van der Waals surface area contributed by atoms with E-state index < -0.39 is 0 Å². The number of carbonyl (C=O) groups excluding carboxylic acids is 1. The molecule has 1 fully saturated rings. The van der Waals surface area contributed by atoms with Crippen LogP contribution in [0.25, 0.3) is 0 Å². The molecule has 0 aromatic heterocycles. The van der Waals surface area contributed by atoms with E-state index in [1.165, 1.54) is 7.11 Å². The van der Waals surface area contributed by atoms with E-state index in [-0.39, 0.29) is 6.09 Å². The van der Waals surface area contributed by atoms with Gasteiger partial charge in [-0.25, -0.2) is 4.79 Å². The third kappa shape index (κ3) is 2.59. The van der Waals surface area contributed by atoms with Crippen molar-refractivity contribution in [3.05, 3.63) is 0 Å². The number of carbonyl (C=O) groups is 1. The minimum atomic E-state index is -0.231. The second-order valence-corrected chi connectivity index (χ2v) is 3.58. The topological polar surface area (TPSA) is 58.8 Å². The van der Waals surface area contributed by atoms with Crippen LogP contribution < -0.4 is 5.73 Å². The number of hydrogen-bond acceptors (Lipinski definition) is 4. The molecule has 1 amide bonds. The summed E-state index contributed by atoms with van der Waals surface area (Å²) in [5, 5.41) is 0. The van der Waals surface area contributed by atoms with E-state index in [1.807, 2.05) is 0 Å². The van der Waals surface area contributed by atoms with Gasteiger partial charge in [-0.1, -0.05) is 0 Å². The fourth-order valence-electron chi connectivity index (χ4n) is 1.62. The molecule has 1 aliphatic rings. The maximum atomic E-state index is 11.2. The molecule has 1 saturated heterocycles. The lowest BCUT2D eigenvalue weighted by Gasteiger charge is -2.36. The predicted octanol–water partition coefficient (Wildman–Crippen LogP) is -0.282. The minimum Gasteiger partial charge on any atom is -0.453 e. The van der Waals surface area contributed by atoms with E-state index in [0.717, 1.165) is 26.2 Å². The van der Waals surface area contributed by atoms with E-state index in [0.29, 0.717) is 12.6 Å². The van der Waals surface area contributed by atoms with Gasteiger partial charge in [-0.3, -0.25) is 4.90 Å². The molecule has 1 unspecified atom stereocenters. The molecule has 2 N–H and O–H groups in total. The average molecular weight is 201 g/mol. The molecule has 14 heavy (non-hydrogen) atoms. The zero-order valence-electron chi connectivity index (χ0n) is 8.90. The highest BCUT2D eigenvalue weighted by Crippen LogP contribution is 2.06. The standard InChI is InChI=1S/C9H19N3O2/c1-8(7-10)11-3-5-12(6-4-11)9(13)14-2/h8H,3-7,10H2,1-2H3. The van der Waals surface area contributed by atoms with Gasteiger partial charge in [0.15, 0.2) is 0 Å². The predicted molar refractivity (Wildman–Crippen MR) is 54.1 cm³/mol. The first kappa shape index (κ1) is 11.3. The SMILES string of the molecule is COC(=O)N1CCN(C(C)CN)CC1. The summed E-state index contributed by atoms with van der Waals surface area (Å²) in [6.45, 7) is 6.00. The normalized spacial score (nSPS) is 20.6. The number of nitrogens with two attached hydrogens (primary N) is 1. The van der Waals surface area contributed by atoms with Crippen molar-refractivity contribution in [3.8, 4) is 0 Å². The van der Waals surface area contributed by atoms with Crippen LogP contribution in [0.5, 0.6) is 0 Å². The summed E-state index contributed by atoms with van der Waals surface area (Å²) in [5.41, 5.74) is 5.58. The molecule has 1 aliphatic heterocycles. The lowest BCUT2D eigenvalue weighted by molar-refractivity contribution is 0.0792. The average Bonchev–Trinajstić information content (AvgIpc) is 2.27. The fourth-order valence-corrected chi connectivity index (χ4v) is 1.62. The van der Waals surface area contributed by atoms with Crippen molar-refractivity contribution >= 4 is 6.09 Å². The number of hydrogen-bond donors (Lipinski definition) is 1. The first-order valence-corrected chi connectivity index (χ1v) is 4.96. The summed E-state index contributed by atoms with van der Waals surface area (Å²) in [6.07, 6.45) is -0.231. The highest BCUT2D eigenvalue weighted by atomic mass is 16.5. The fraction of sp³-hybridized carbons (Fsp3) is 0.889. The van der Waals surface area contributed by atoms with Crippen LogP contribution >= 0.6 is 0 Å². The number of piperazine rings is 1. The maximum absolute atomic E-state index is 11.2. The minimum absolute atomic E-state index is 0.231. The molecule has 82 valence electrons. The van der Waals surface area contributed by atoms with Crippen LogP contribution in [-0.4, -0.2) is 61.8 Å². The Balaban J connectivity index is 2.34. The highest BCUT2D eigenvalue weighted by molar-refractivity contribution is 5.67. The Morgan fingerprint density at radius 3 is 2.43 bits per heavy atom. The third-order valence-electron chi connectivity index (χ3n) is 2.71. The number of methoxy groups -OCH3 is 1. The summed E-state index contributed by atoms with van der Waals surface area (Å²) in [6, 6.07) is 0.398. The van der Waals surface area contributed by atoms with Gasteiger partial charge in [0.25, 0.3) is 0 Å². The molecule has 0 aromatic rings. The quantitative estimate of drug-likeness (QED) is 0.667. The Hall–Kier alpha value is -0.810. The lowest BCUT2D eigenvalue weighted by atomic mass is 10.2. The lowest BCUT2D eigenvalue weighted by Crippen LogP contribution is -2.52. The van der Waals surface area contributed by atoms with E-state index in [9.17, 15) is 4.79 Å². The Morgan fingerprint density at radius 1 is 1.43 bits per heavy atom. The van der Waals surface area contributed by atoms with Gasteiger partial charge >= 0.3 is 6.09 Å². The van der Waals surface area contributed by atoms with Crippen LogP contribution in [0.4, 0.5) is 4.79 Å². The molecule has 0 spiro atoms. The number of nitrogens with zero attached hydrogens (tertiary/aromatic N) is 2. The summed E-state index contributed by atoms with van der Waals surface area (Å²) in [5.74, 6) is 0. The Kier molecular flexibility index (Phi) is 4.16. The van der Waals surface area contributed by atoms with Crippen molar-refractivity contribution in [1.29, 1.82) is 0 Å². The Morgan fingerprint density at radius 2 is 2.00 bits per heavy atom. The van der Waals surface area contributed by atoms with Crippen LogP contribution in [0, 0.1) is 0 Å². The molecule has 5 heteroatoms. The molecule has 0 aliphatic carbocycles. The van der Waals surface area contributed by atoms with E-state index in [1.54, 1.807) is 4.90 Å². The zero-order chi connectivity index (χ0) is 10.6. The van der Waals surface area contributed by atoms with Crippen molar-refractivity contribution in [1.82, 2.24) is 9.80 Å². The van der Waals surface area contributed by atoms with Crippen molar-refractivity contribution in [3.63, 3.8) is 0 Å². The molecular formula is C9H19N3O2. The van der Waals surface area contributed by atoms with Crippen molar-refractivity contribution in [2.45, 2.75) is 13.0 Å². The van der Waals surface area contributed by atoms with E-state index in [2.05, 4.69) is 16.6 Å². The second-order valence-electron chi connectivity index (χ2n) is 3.58. The van der Waals surface area contributed by atoms with Gasteiger partial charge in [-0.2, -0.15) is 0 Å². The highest BCUT2D eigenvalue weighted by Gasteiger charge is 2.23. The first-order valence-electron chi connectivity index (χ1n) is 4.96. The van der Waals surface area contributed by atoms with Crippen molar-refractivity contribution in [2.24, 2.45) is 5.73 Å². The Labute approximate surface area is 84.8 Å². The zero-order valence-corrected chi connectivity index (χ0v) is 8.90. The molecule has 0 aromatic carbocycles. The Bertz CT molecular complexity index is 190. The van der Waals surface area contributed by atoms with Crippen molar-refractivity contribution in [2.75, 3.05) is 39.8 Å². The van der Waals surface area contributed by atoms with Crippen LogP contribution in [-0.2, 0) is 4.74 Å². The number of rotatable bonds is 2. The smallest absolute Gasteiger partial charge is 0.409 e. The monoisotopic (exact) mass is 201 g/mol. The van der Waals surface area contributed by atoms with Crippen LogP contribution in [0.1, 0.15) is 6.92 Å². The molecule has 0 saturated carbocycles. The summed E-state index contributed by atoms with van der Waals surface area (Å²) < 4.78 is 4.66. The molecule has 1 atom stereocenters. The molecule has 1 heterocycles. The van der Waals surface area contributed by atoms with Gasteiger partial charge in [-0.05, 0) is 6.92 Å². The van der Waals surface area contributed by atoms with Gasteiger partial charge in [-0.15, -0.1) is 0 Å². The second kappa shape index (κ2) is 5.17. The van der Waals surface area contributed by atoms with Gasteiger partial charge in [0.05, 0.1) is 7.11 Å². The summed E-state index contributed by atoms with van der Waals surface area (Å²) in [7, 11) is 1.41. The van der Waals surface area contributed by atoms with Crippen LogP contribution in [0.3, 0.4) is 0 Å².